The van der Waals surface area contributed by atoms with E-state index in [-0.39, 0.29) is 46.8 Å². The summed E-state index contributed by atoms with van der Waals surface area (Å²) in [5.41, 5.74) is 2.38. The van der Waals surface area contributed by atoms with E-state index in [2.05, 4.69) is 47.4 Å². The Balaban J connectivity index is 0.754. The highest BCUT2D eigenvalue weighted by molar-refractivity contribution is 6.08. The van der Waals surface area contributed by atoms with Gasteiger partial charge in [-0.1, -0.05) is 17.9 Å². The van der Waals surface area contributed by atoms with E-state index in [1.165, 1.54) is 10.7 Å². The van der Waals surface area contributed by atoms with Crippen LogP contribution in [-0.4, -0.2) is 127 Å². The Bertz CT molecular complexity index is 2630. The number of nitrogens with one attached hydrogen (secondary N) is 2. The monoisotopic (exact) mass is 866 g/mol. The summed E-state index contributed by atoms with van der Waals surface area (Å²) in [6.45, 7) is 10.2. The molecule has 1 saturated carbocycles. The van der Waals surface area contributed by atoms with Gasteiger partial charge in [0.25, 0.3) is 12.3 Å². The molecule has 3 amide bonds. The van der Waals surface area contributed by atoms with Crippen LogP contribution in [-0.2, 0) is 21.4 Å². The van der Waals surface area contributed by atoms with Gasteiger partial charge in [-0.05, 0) is 63.1 Å². The second-order valence-corrected chi connectivity index (χ2v) is 17.6. The van der Waals surface area contributed by atoms with Crippen molar-refractivity contribution in [3.05, 3.63) is 70.2 Å². The van der Waals surface area contributed by atoms with Gasteiger partial charge in [-0.25, -0.2) is 23.1 Å². The smallest absolute Gasteiger partial charge is 0.329 e. The van der Waals surface area contributed by atoms with Gasteiger partial charge < -0.3 is 19.9 Å². The minimum absolute atomic E-state index is 0.00585. The number of ether oxygens (including phenoxy) is 1. The first-order chi connectivity index (χ1) is 30.5. The summed E-state index contributed by atoms with van der Waals surface area (Å²) in [7, 11) is 1.73. The third-order valence-corrected chi connectivity index (χ3v) is 13.3. The van der Waals surface area contributed by atoms with Gasteiger partial charge in [0, 0.05) is 77.7 Å². The van der Waals surface area contributed by atoms with Crippen LogP contribution in [0.1, 0.15) is 85.6 Å². The van der Waals surface area contributed by atoms with Gasteiger partial charge in [-0.15, -0.1) is 0 Å². The number of aromatic nitrogens is 7. The number of carbonyl (C=O) groups excluding carboxylic acids is 3. The third-order valence-electron chi connectivity index (χ3n) is 13.3. The largest absolute Gasteiger partial charge is 0.380 e. The van der Waals surface area contributed by atoms with E-state index >= 15 is 0 Å². The van der Waals surface area contributed by atoms with Crippen molar-refractivity contribution in [3.63, 3.8) is 0 Å². The van der Waals surface area contributed by atoms with E-state index < -0.39 is 18.0 Å². The first kappa shape index (κ1) is 42.3. The number of para-hydroxylation sites is 1. The number of nitrogens with zero attached hydrogens (tertiary/aromatic N) is 10. The number of fused-ring (bicyclic) bond motifs is 2. The second kappa shape index (κ2) is 17.7. The van der Waals surface area contributed by atoms with Gasteiger partial charge in [0.2, 0.25) is 12.3 Å². The van der Waals surface area contributed by atoms with E-state index in [0.717, 1.165) is 107 Å². The Morgan fingerprint density at radius 1 is 1.06 bits per heavy atom. The molecule has 1 aliphatic carbocycles. The Morgan fingerprint density at radius 2 is 1.83 bits per heavy atom. The summed E-state index contributed by atoms with van der Waals surface area (Å²) >= 11 is 0. The number of imidazole rings is 1. The minimum atomic E-state index is -2.86. The second-order valence-electron chi connectivity index (χ2n) is 17.6. The first-order valence-corrected chi connectivity index (χ1v) is 21.7. The van der Waals surface area contributed by atoms with Gasteiger partial charge in [-0.2, -0.15) is 10.2 Å². The summed E-state index contributed by atoms with van der Waals surface area (Å²) in [5.74, 6) is 6.91. The molecule has 5 aromatic rings. The summed E-state index contributed by atoms with van der Waals surface area (Å²) in [6.07, 6.45) is 6.26. The minimum Gasteiger partial charge on any atom is -0.380 e. The molecule has 1 spiro atoms. The number of halogens is 2. The van der Waals surface area contributed by atoms with Gasteiger partial charge in [0.15, 0.2) is 11.3 Å². The van der Waals surface area contributed by atoms with Crippen LogP contribution < -0.4 is 21.2 Å². The predicted molar refractivity (Wildman–Crippen MR) is 230 cm³/mol. The summed E-state index contributed by atoms with van der Waals surface area (Å²) in [4.78, 5) is 60.9. The van der Waals surface area contributed by atoms with E-state index in [0.29, 0.717) is 30.9 Å². The highest BCUT2D eigenvalue weighted by Crippen LogP contribution is 2.40. The van der Waals surface area contributed by atoms with Crippen LogP contribution in [0.3, 0.4) is 0 Å². The van der Waals surface area contributed by atoms with Crippen molar-refractivity contribution >= 4 is 46.4 Å². The summed E-state index contributed by atoms with van der Waals surface area (Å²) in [6, 6.07) is 7.25. The number of imide groups is 1. The Labute approximate surface area is 362 Å². The average molecular weight is 867 g/mol. The molecule has 7 heterocycles. The van der Waals surface area contributed by atoms with Crippen LogP contribution in [0.15, 0.2) is 47.7 Å². The Kier molecular flexibility index (Phi) is 11.9. The first-order valence-electron chi connectivity index (χ1n) is 21.7. The lowest BCUT2D eigenvalue weighted by Crippen LogP contribution is -2.66. The van der Waals surface area contributed by atoms with Gasteiger partial charge in [0.05, 0.1) is 59.7 Å². The molecule has 1 atom stereocenters. The van der Waals surface area contributed by atoms with Gasteiger partial charge >= 0.3 is 5.69 Å². The SMILES string of the molecule is CC(CCC(=O)NC=O)n1c(=O)n(C)c2c(C#CCN3CCN(CC4CCC(n5cc(NC(=O)c6cnn7ccc(N8CC9(COC9)C8)nc67)c(C(F)F)n5)CC4)CC3)cccc21. The van der Waals surface area contributed by atoms with Crippen LogP contribution in [0.4, 0.5) is 20.3 Å². The maximum absolute atomic E-state index is 14.3. The zero-order chi connectivity index (χ0) is 43.8. The number of hydrogen-bond acceptors (Lipinski definition) is 11. The third kappa shape index (κ3) is 8.59. The molecule has 4 fully saturated rings. The van der Waals surface area contributed by atoms with E-state index in [4.69, 9.17) is 9.72 Å². The molecule has 3 aliphatic heterocycles. The highest BCUT2D eigenvalue weighted by atomic mass is 19.3. The van der Waals surface area contributed by atoms with Crippen molar-refractivity contribution in [2.75, 3.05) is 75.8 Å². The van der Waals surface area contributed by atoms with Crippen LogP contribution in [0.25, 0.3) is 16.7 Å². The van der Waals surface area contributed by atoms with E-state index in [1.807, 2.05) is 31.2 Å². The molecule has 3 saturated heterocycles. The number of benzene rings is 1. The molecular formula is C44H52F2N12O5. The lowest BCUT2D eigenvalue weighted by Gasteiger charge is -2.55. The zero-order valence-corrected chi connectivity index (χ0v) is 35.5. The highest BCUT2D eigenvalue weighted by Gasteiger charge is 2.49. The number of piperazine rings is 1. The lowest BCUT2D eigenvalue weighted by atomic mass is 9.78. The van der Waals surface area contributed by atoms with Crippen molar-refractivity contribution in [2.24, 2.45) is 18.4 Å². The standard InChI is InChI=1S/C44H52F2N12O5/c1-29(8-13-37(60)47-28-59)58-35-7-3-5-31(39(35)52(2)43(58)62)6-4-15-53-17-19-54(20-18-53)22-30-9-11-32(12-10-30)57-23-34(38(51-57)40(45)46)49-42(61)33-21-48-56-16-14-36(50-41(33)56)55-24-44(25-55)26-63-27-44/h3,5,7,14,16,21,23,28-30,32,40H,8-13,15,17-20,22,24-27H2,1-2H3,(H,49,61)(H,47,59,60). The molecule has 19 heteroatoms. The summed E-state index contributed by atoms with van der Waals surface area (Å²) in [5, 5.41) is 13.4. The maximum Gasteiger partial charge on any atom is 0.329 e. The normalized spacial score (nSPS) is 20.6. The number of rotatable bonds is 13. The van der Waals surface area contributed by atoms with Gasteiger partial charge in [0.1, 0.15) is 11.4 Å². The molecule has 63 heavy (non-hydrogen) atoms. The topological polar surface area (TPSA) is 169 Å². The molecule has 17 nitrogen and oxygen atoms in total. The fourth-order valence-corrected chi connectivity index (χ4v) is 9.64. The molecule has 4 aliphatic rings. The molecule has 9 rings (SSSR count). The quantitative estimate of drug-likeness (QED) is 0.131. The van der Waals surface area contributed by atoms with E-state index in [1.54, 1.807) is 33.3 Å². The van der Waals surface area contributed by atoms with Crippen LogP contribution >= 0.6 is 0 Å². The molecular weight excluding hydrogens is 815 g/mol. The fourth-order valence-electron chi connectivity index (χ4n) is 9.64. The number of alkyl halides is 2. The zero-order valence-electron chi connectivity index (χ0n) is 35.5. The number of anilines is 2. The molecule has 332 valence electrons. The van der Waals surface area contributed by atoms with Crippen molar-refractivity contribution in [1.82, 2.24) is 48.6 Å². The molecule has 0 bridgehead atoms. The van der Waals surface area contributed by atoms with E-state index in [9.17, 15) is 28.0 Å². The number of hydrogen-bond donors (Lipinski definition) is 2. The van der Waals surface area contributed by atoms with Crippen molar-refractivity contribution in [1.29, 1.82) is 0 Å². The Morgan fingerprint density at radius 3 is 2.54 bits per heavy atom. The molecule has 1 aromatic carbocycles. The van der Waals surface area contributed by atoms with Crippen molar-refractivity contribution in [2.45, 2.75) is 64.0 Å². The predicted octanol–water partition coefficient (Wildman–Crippen LogP) is 3.62. The maximum atomic E-state index is 14.3. The lowest BCUT2D eigenvalue weighted by molar-refractivity contribution is -0.127. The number of carbonyl (C=O) groups is 3. The molecule has 0 radical (unpaired) electrons. The molecule has 2 N–H and O–H groups in total. The van der Waals surface area contributed by atoms with Crippen molar-refractivity contribution in [3.8, 4) is 11.8 Å². The average Bonchev–Trinajstić information content (AvgIpc) is 3.94. The molecule has 4 aromatic heterocycles. The van der Waals surface area contributed by atoms with Gasteiger partial charge in [-0.3, -0.25) is 38.4 Å². The van der Waals surface area contributed by atoms with Crippen LogP contribution in [0.5, 0.6) is 0 Å². The van der Waals surface area contributed by atoms with Crippen molar-refractivity contribution < 1.29 is 27.9 Å². The Hall–Kier alpha value is -5.97. The summed E-state index contributed by atoms with van der Waals surface area (Å²) < 4.78 is 40.4. The van der Waals surface area contributed by atoms with Crippen LogP contribution in [0, 0.1) is 23.2 Å². The molecule has 1 unspecified atom stereocenters. The number of aryl methyl sites for hydroxylation is 1. The fraction of sp³-hybridized carbons (Fsp3) is 0.523. The number of amides is 3. The van der Waals surface area contributed by atoms with Crippen LogP contribution in [0.2, 0.25) is 0 Å².